The van der Waals surface area contributed by atoms with Crippen LogP contribution < -0.4 is 15.1 Å². The first-order chi connectivity index (χ1) is 16.5. The van der Waals surface area contributed by atoms with Gasteiger partial charge in [-0.3, -0.25) is 4.79 Å². The van der Waals surface area contributed by atoms with Crippen LogP contribution >= 0.6 is 0 Å². The molecule has 5 nitrogen and oxygen atoms in total. The first kappa shape index (κ1) is 24.8. The number of rotatable bonds is 5. The molecule has 35 heavy (non-hydrogen) atoms. The Balaban J connectivity index is 1.44. The fourth-order valence-corrected chi connectivity index (χ4v) is 4.68. The highest BCUT2D eigenvalue weighted by Crippen LogP contribution is 2.36. The lowest BCUT2D eigenvalue weighted by Gasteiger charge is -2.37. The van der Waals surface area contributed by atoms with Gasteiger partial charge in [0.25, 0.3) is 5.91 Å². The molecule has 9 heteroatoms. The number of amides is 1. The molecule has 186 valence electrons. The number of para-hydroxylation sites is 1. The fraction of sp³-hybridized carbons (Fsp3) is 0.385. The van der Waals surface area contributed by atoms with Gasteiger partial charge in [0.1, 0.15) is 11.5 Å². The number of halogens is 4. The number of nitrogens with zero attached hydrogens (tertiary/aromatic N) is 3. The van der Waals surface area contributed by atoms with E-state index in [1.54, 1.807) is 62.4 Å². The number of pyridine rings is 1. The Morgan fingerprint density at radius 3 is 2.29 bits per heavy atom. The SMILES string of the molecule is CN(C)c1ccc(C(=O)NC2CCC(N(C)c3cc(C(F)(F)F)nc4ccccc34)CC2)cc1F. The maximum atomic E-state index is 14.3. The average Bonchev–Trinajstić information content (AvgIpc) is 2.82. The van der Waals surface area contributed by atoms with Gasteiger partial charge < -0.3 is 15.1 Å². The maximum absolute atomic E-state index is 14.3. The number of nitrogens with one attached hydrogen (secondary N) is 1. The summed E-state index contributed by atoms with van der Waals surface area (Å²) in [5.41, 5.74) is 0.550. The highest BCUT2D eigenvalue weighted by Gasteiger charge is 2.34. The predicted molar refractivity (Wildman–Crippen MR) is 129 cm³/mol. The van der Waals surface area contributed by atoms with Gasteiger partial charge in [0, 0.05) is 49.9 Å². The Kier molecular flexibility index (Phi) is 6.87. The maximum Gasteiger partial charge on any atom is 0.433 e. The molecule has 1 N–H and O–H groups in total. The molecule has 0 aliphatic heterocycles. The van der Waals surface area contributed by atoms with E-state index in [0.717, 1.165) is 6.07 Å². The molecule has 1 saturated carbocycles. The van der Waals surface area contributed by atoms with E-state index in [1.807, 2.05) is 4.90 Å². The van der Waals surface area contributed by atoms with Crippen molar-refractivity contribution in [2.45, 2.75) is 43.9 Å². The number of benzene rings is 2. The van der Waals surface area contributed by atoms with Crippen LogP contribution in [0.15, 0.2) is 48.5 Å². The van der Waals surface area contributed by atoms with Crippen LogP contribution in [-0.2, 0) is 6.18 Å². The second-order valence-electron chi connectivity index (χ2n) is 9.19. The van der Waals surface area contributed by atoms with Gasteiger partial charge in [-0.15, -0.1) is 0 Å². The number of anilines is 2. The van der Waals surface area contributed by atoms with Crippen LogP contribution in [-0.4, -0.2) is 44.1 Å². The molecule has 1 aliphatic carbocycles. The quantitative estimate of drug-likeness (QED) is 0.473. The Hall–Kier alpha value is -3.36. The van der Waals surface area contributed by atoms with Crippen molar-refractivity contribution in [1.29, 1.82) is 0 Å². The Morgan fingerprint density at radius 1 is 0.971 bits per heavy atom. The number of fused-ring (bicyclic) bond motifs is 1. The summed E-state index contributed by atoms with van der Waals surface area (Å²) in [5.74, 6) is -0.795. The summed E-state index contributed by atoms with van der Waals surface area (Å²) >= 11 is 0. The van der Waals surface area contributed by atoms with Crippen molar-refractivity contribution in [3.63, 3.8) is 0 Å². The minimum atomic E-state index is -4.54. The molecule has 3 aromatic rings. The van der Waals surface area contributed by atoms with E-state index in [4.69, 9.17) is 0 Å². The second kappa shape index (κ2) is 9.71. The molecule has 1 aliphatic rings. The summed E-state index contributed by atoms with van der Waals surface area (Å²) in [6.45, 7) is 0. The minimum absolute atomic E-state index is 0.0202. The van der Waals surface area contributed by atoms with Crippen molar-refractivity contribution >= 4 is 28.2 Å². The van der Waals surface area contributed by atoms with E-state index in [9.17, 15) is 22.4 Å². The van der Waals surface area contributed by atoms with E-state index in [1.165, 1.54) is 6.07 Å². The van der Waals surface area contributed by atoms with Crippen molar-refractivity contribution in [3.8, 4) is 0 Å². The lowest BCUT2D eigenvalue weighted by Crippen LogP contribution is -2.43. The third kappa shape index (κ3) is 5.33. The van der Waals surface area contributed by atoms with Gasteiger partial charge >= 0.3 is 6.18 Å². The zero-order chi connectivity index (χ0) is 25.3. The molecule has 4 rings (SSSR count). The van der Waals surface area contributed by atoms with E-state index in [-0.39, 0.29) is 23.6 Å². The van der Waals surface area contributed by atoms with Crippen LogP contribution in [0.1, 0.15) is 41.7 Å². The van der Waals surface area contributed by atoms with Gasteiger partial charge in [0.2, 0.25) is 0 Å². The van der Waals surface area contributed by atoms with E-state index < -0.39 is 17.7 Å². The minimum Gasteiger partial charge on any atom is -0.375 e. The van der Waals surface area contributed by atoms with Gasteiger partial charge in [0.15, 0.2) is 0 Å². The van der Waals surface area contributed by atoms with Gasteiger partial charge in [-0.2, -0.15) is 13.2 Å². The molecule has 0 bridgehead atoms. The van der Waals surface area contributed by atoms with Crippen molar-refractivity contribution in [1.82, 2.24) is 10.3 Å². The van der Waals surface area contributed by atoms with Crippen LogP contribution in [0.25, 0.3) is 10.9 Å². The third-order valence-corrected chi connectivity index (χ3v) is 6.64. The highest BCUT2D eigenvalue weighted by atomic mass is 19.4. The predicted octanol–water partition coefficient (Wildman–Crippen LogP) is 5.64. The molecule has 0 unspecified atom stereocenters. The van der Waals surface area contributed by atoms with Crippen LogP contribution in [0, 0.1) is 5.82 Å². The van der Waals surface area contributed by atoms with Crippen LogP contribution in [0.3, 0.4) is 0 Å². The number of hydrogen-bond donors (Lipinski definition) is 1. The molecule has 0 saturated heterocycles. The van der Waals surface area contributed by atoms with Crippen molar-refractivity contribution in [2.24, 2.45) is 0 Å². The molecule has 1 fully saturated rings. The zero-order valence-corrected chi connectivity index (χ0v) is 19.9. The van der Waals surface area contributed by atoms with Gasteiger partial charge in [0.05, 0.1) is 11.2 Å². The molecule has 1 heterocycles. The number of hydrogen-bond acceptors (Lipinski definition) is 4. The summed E-state index contributed by atoms with van der Waals surface area (Å²) in [6.07, 6.45) is -1.78. The molecule has 0 radical (unpaired) electrons. The van der Waals surface area contributed by atoms with E-state index in [0.29, 0.717) is 48.0 Å². The largest absolute Gasteiger partial charge is 0.433 e. The lowest BCUT2D eigenvalue weighted by atomic mass is 9.89. The van der Waals surface area contributed by atoms with Gasteiger partial charge in [-0.05, 0) is 56.0 Å². The summed E-state index contributed by atoms with van der Waals surface area (Å²) in [7, 11) is 5.26. The zero-order valence-electron chi connectivity index (χ0n) is 19.9. The lowest BCUT2D eigenvalue weighted by molar-refractivity contribution is -0.140. The third-order valence-electron chi connectivity index (χ3n) is 6.64. The van der Waals surface area contributed by atoms with E-state index >= 15 is 0 Å². The van der Waals surface area contributed by atoms with E-state index in [2.05, 4.69) is 10.3 Å². The summed E-state index contributed by atoms with van der Waals surface area (Å²) in [4.78, 5) is 20.0. The Bertz CT molecular complexity index is 1220. The monoisotopic (exact) mass is 488 g/mol. The highest BCUT2D eigenvalue weighted by molar-refractivity contribution is 5.95. The van der Waals surface area contributed by atoms with Crippen molar-refractivity contribution in [3.05, 3.63) is 65.6 Å². The number of carbonyl (C=O) groups is 1. The second-order valence-corrected chi connectivity index (χ2v) is 9.19. The molecule has 1 aromatic heterocycles. The standard InChI is InChI=1S/C26H28F4N4O/c1-33(2)22-13-8-16(14-20(22)27)25(35)31-17-9-11-18(12-10-17)34(3)23-15-24(26(28,29)30)32-21-7-5-4-6-19(21)23/h4-8,13-15,17-18H,9-12H2,1-3H3,(H,31,35). The average molecular weight is 489 g/mol. The van der Waals surface area contributed by atoms with Crippen LogP contribution in [0.2, 0.25) is 0 Å². The van der Waals surface area contributed by atoms with Crippen LogP contribution in [0.5, 0.6) is 0 Å². The molecular weight excluding hydrogens is 460 g/mol. The van der Waals surface area contributed by atoms with Gasteiger partial charge in [-0.25, -0.2) is 9.37 Å². The summed E-state index contributed by atoms with van der Waals surface area (Å²) in [5, 5.41) is 3.64. The van der Waals surface area contributed by atoms with Gasteiger partial charge in [-0.1, -0.05) is 18.2 Å². The number of aromatic nitrogens is 1. The summed E-state index contributed by atoms with van der Waals surface area (Å²) in [6, 6.07) is 12.3. The number of carbonyl (C=O) groups excluding carboxylic acids is 1. The first-order valence-electron chi connectivity index (χ1n) is 11.5. The normalized spacial score (nSPS) is 18.4. The fourth-order valence-electron chi connectivity index (χ4n) is 4.68. The molecule has 1 amide bonds. The topological polar surface area (TPSA) is 48.5 Å². The number of alkyl halides is 3. The Labute approximate surface area is 201 Å². The van der Waals surface area contributed by atoms with Crippen molar-refractivity contribution < 1.29 is 22.4 Å². The Morgan fingerprint density at radius 2 is 1.66 bits per heavy atom. The molecule has 2 aromatic carbocycles. The molecule has 0 spiro atoms. The van der Waals surface area contributed by atoms with Crippen LogP contribution in [0.4, 0.5) is 28.9 Å². The molecule has 0 atom stereocenters. The van der Waals surface area contributed by atoms with Crippen molar-refractivity contribution in [2.75, 3.05) is 30.9 Å². The molecular formula is C26H28F4N4O. The first-order valence-corrected chi connectivity index (χ1v) is 11.5. The summed E-state index contributed by atoms with van der Waals surface area (Å²) < 4.78 is 54.6. The smallest absolute Gasteiger partial charge is 0.375 e.